The molecular formula is C7H4N2OS. The van der Waals surface area contributed by atoms with Crippen LogP contribution in [-0.4, -0.2) is 16.5 Å². The minimum atomic E-state index is 0.694. The molecule has 0 saturated heterocycles. The van der Waals surface area contributed by atoms with E-state index in [4.69, 9.17) is 0 Å². The predicted octanol–water partition coefficient (Wildman–Crippen LogP) is 1.50. The van der Waals surface area contributed by atoms with Crippen LogP contribution in [0.3, 0.4) is 0 Å². The Morgan fingerprint density at radius 3 is 3.00 bits per heavy atom. The summed E-state index contributed by atoms with van der Waals surface area (Å²) in [7, 11) is 0. The molecule has 0 spiro atoms. The molecule has 2 aromatic heterocycles. The summed E-state index contributed by atoms with van der Waals surface area (Å²) in [5.74, 6) is 0. The topological polar surface area (TPSA) is 42.9 Å². The largest absolute Gasteiger partial charge is 0.298 e. The predicted molar refractivity (Wildman–Crippen MR) is 42.8 cm³/mol. The maximum atomic E-state index is 10.4. The first-order valence-electron chi connectivity index (χ1n) is 3.05. The third kappa shape index (κ3) is 0.914. The Balaban J connectivity index is 2.86. The SMILES string of the molecule is O=Cc1csc2cnncc12. The van der Waals surface area contributed by atoms with Crippen molar-refractivity contribution < 1.29 is 4.79 Å². The quantitative estimate of drug-likeness (QED) is 0.600. The Morgan fingerprint density at radius 1 is 1.36 bits per heavy atom. The van der Waals surface area contributed by atoms with E-state index in [2.05, 4.69) is 10.2 Å². The molecule has 0 aliphatic carbocycles. The highest BCUT2D eigenvalue weighted by Crippen LogP contribution is 2.21. The number of aromatic nitrogens is 2. The number of nitrogens with zero attached hydrogens (tertiary/aromatic N) is 2. The van der Waals surface area contributed by atoms with Gasteiger partial charge in [0, 0.05) is 16.3 Å². The van der Waals surface area contributed by atoms with Crippen molar-refractivity contribution >= 4 is 27.7 Å². The van der Waals surface area contributed by atoms with Crippen molar-refractivity contribution in [3.8, 4) is 0 Å². The van der Waals surface area contributed by atoms with Gasteiger partial charge in [-0.2, -0.15) is 10.2 Å². The van der Waals surface area contributed by atoms with Gasteiger partial charge in [0.2, 0.25) is 0 Å². The maximum Gasteiger partial charge on any atom is 0.151 e. The van der Waals surface area contributed by atoms with Crippen LogP contribution >= 0.6 is 11.3 Å². The summed E-state index contributed by atoms with van der Waals surface area (Å²) in [6, 6.07) is 0. The molecule has 0 aliphatic rings. The molecule has 0 aromatic carbocycles. The molecule has 11 heavy (non-hydrogen) atoms. The Morgan fingerprint density at radius 2 is 2.18 bits per heavy atom. The van der Waals surface area contributed by atoms with E-state index in [-0.39, 0.29) is 0 Å². The molecule has 0 radical (unpaired) electrons. The molecule has 0 unspecified atom stereocenters. The van der Waals surface area contributed by atoms with E-state index >= 15 is 0 Å². The summed E-state index contributed by atoms with van der Waals surface area (Å²) < 4.78 is 1.00. The lowest BCUT2D eigenvalue weighted by atomic mass is 10.2. The zero-order valence-electron chi connectivity index (χ0n) is 5.52. The molecule has 2 aromatic rings. The summed E-state index contributed by atoms with van der Waals surface area (Å²) in [5.41, 5.74) is 0.694. The number of aldehydes is 1. The first kappa shape index (κ1) is 6.42. The fourth-order valence-electron chi connectivity index (χ4n) is 0.902. The van der Waals surface area contributed by atoms with Crippen LogP contribution in [0.25, 0.3) is 10.1 Å². The van der Waals surface area contributed by atoms with E-state index in [0.29, 0.717) is 5.56 Å². The lowest BCUT2D eigenvalue weighted by Crippen LogP contribution is -1.78. The number of carbonyl (C=O) groups is 1. The molecule has 0 saturated carbocycles. The van der Waals surface area contributed by atoms with Gasteiger partial charge in [0.15, 0.2) is 6.29 Å². The summed E-state index contributed by atoms with van der Waals surface area (Å²) in [6.45, 7) is 0. The lowest BCUT2D eigenvalue weighted by Gasteiger charge is -1.84. The van der Waals surface area contributed by atoms with Gasteiger partial charge >= 0.3 is 0 Å². The van der Waals surface area contributed by atoms with Crippen molar-refractivity contribution in [1.29, 1.82) is 0 Å². The minimum absolute atomic E-state index is 0.694. The highest BCUT2D eigenvalue weighted by atomic mass is 32.1. The summed E-state index contributed by atoms with van der Waals surface area (Å²) in [4.78, 5) is 10.4. The third-order valence-corrected chi connectivity index (χ3v) is 2.40. The van der Waals surface area contributed by atoms with Gasteiger partial charge in [-0.1, -0.05) is 0 Å². The highest BCUT2D eigenvalue weighted by Gasteiger charge is 2.01. The summed E-state index contributed by atoms with van der Waals surface area (Å²) >= 11 is 1.50. The Bertz CT molecular complexity index is 396. The normalized spacial score (nSPS) is 10.2. The van der Waals surface area contributed by atoms with Gasteiger partial charge in [-0.05, 0) is 0 Å². The monoisotopic (exact) mass is 164 g/mol. The van der Waals surface area contributed by atoms with E-state index in [9.17, 15) is 4.79 Å². The van der Waals surface area contributed by atoms with Crippen LogP contribution in [0.2, 0.25) is 0 Å². The zero-order chi connectivity index (χ0) is 7.68. The van der Waals surface area contributed by atoms with Crippen molar-refractivity contribution in [2.75, 3.05) is 0 Å². The second-order valence-corrected chi connectivity index (χ2v) is 2.99. The molecular weight excluding hydrogens is 160 g/mol. The first-order chi connectivity index (χ1) is 5.42. The van der Waals surface area contributed by atoms with Crippen molar-refractivity contribution in [2.24, 2.45) is 0 Å². The highest BCUT2D eigenvalue weighted by molar-refractivity contribution is 7.17. The van der Waals surface area contributed by atoms with Gasteiger partial charge in [0.25, 0.3) is 0 Å². The first-order valence-corrected chi connectivity index (χ1v) is 3.93. The van der Waals surface area contributed by atoms with Gasteiger partial charge in [0.1, 0.15) is 0 Å². The van der Waals surface area contributed by atoms with Gasteiger partial charge in [0.05, 0.1) is 17.1 Å². The second-order valence-electron chi connectivity index (χ2n) is 2.08. The third-order valence-electron chi connectivity index (χ3n) is 1.44. The smallest absolute Gasteiger partial charge is 0.151 e. The minimum Gasteiger partial charge on any atom is -0.298 e. The zero-order valence-corrected chi connectivity index (χ0v) is 6.34. The van der Waals surface area contributed by atoms with Gasteiger partial charge < -0.3 is 0 Å². The van der Waals surface area contributed by atoms with Crippen molar-refractivity contribution in [3.63, 3.8) is 0 Å². The Labute approximate surface area is 66.7 Å². The number of fused-ring (bicyclic) bond motifs is 1. The van der Waals surface area contributed by atoms with E-state index in [1.54, 1.807) is 17.8 Å². The van der Waals surface area contributed by atoms with Crippen LogP contribution in [-0.2, 0) is 0 Å². The van der Waals surface area contributed by atoms with Crippen LogP contribution in [0.5, 0.6) is 0 Å². The number of thiophene rings is 1. The molecule has 2 rings (SSSR count). The van der Waals surface area contributed by atoms with Gasteiger partial charge in [-0.3, -0.25) is 4.79 Å². The van der Waals surface area contributed by atoms with Crippen molar-refractivity contribution in [3.05, 3.63) is 23.3 Å². The molecule has 4 heteroatoms. The Kier molecular flexibility index (Phi) is 1.40. The van der Waals surface area contributed by atoms with Crippen molar-refractivity contribution in [1.82, 2.24) is 10.2 Å². The number of hydrogen-bond acceptors (Lipinski definition) is 4. The second kappa shape index (κ2) is 2.39. The Hall–Kier alpha value is -1.29. The molecule has 3 nitrogen and oxygen atoms in total. The standard InChI is InChI=1S/C7H4N2OS/c10-3-5-4-11-7-2-9-8-1-6(5)7/h1-4H. The number of rotatable bonds is 1. The van der Waals surface area contributed by atoms with E-state index in [0.717, 1.165) is 16.4 Å². The molecule has 2 heterocycles. The fourth-order valence-corrected chi connectivity index (χ4v) is 1.74. The lowest BCUT2D eigenvalue weighted by molar-refractivity contribution is 0.112. The molecule has 0 bridgehead atoms. The van der Waals surface area contributed by atoms with Crippen LogP contribution in [0.15, 0.2) is 17.8 Å². The summed E-state index contributed by atoms with van der Waals surface area (Å²) in [5, 5.41) is 10.1. The fraction of sp³-hybridized carbons (Fsp3) is 0. The van der Waals surface area contributed by atoms with E-state index in [1.807, 2.05) is 0 Å². The van der Waals surface area contributed by atoms with E-state index < -0.39 is 0 Å². The number of hydrogen-bond donors (Lipinski definition) is 0. The molecule has 0 fully saturated rings. The van der Waals surface area contributed by atoms with Gasteiger partial charge in [-0.25, -0.2) is 0 Å². The van der Waals surface area contributed by atoms with Crippen molar-refractivity contribution in [2.45, 2.75) is 0 Å². The summed E-state index contributed by atoms with van der Waals surface area (Å²) in [6.07, 6.45) is 4.10. The average molecular weight is 164 g/mol. The molecule has 0 amide bonds. The molecule has 54 valence electrons. The number of carbonyl (C=O) groups excluding carboxylic acids is 1. The molecule has 0 atom stereocenters. The average Bonchev–Trinajstić information content (AvgIpc) is 2.47. The van der Waals surface area contributed by atoms with Crippen LogP contribution in [0, 0.1) is 0 Å². The maximum absolute atomic E-state index is 10.4. The molecule has 0 N–H and O–H groups in total. The van der Waals surface area contributed by atoms with Crippen LogP contribution in [0.1, 0.15) is 10.4 Å². The van der Waals surface area contributed by atoms with E-state index in [1.165, 1.54) is 11.3 Å². The van der Waals surface area contributed by atoms with Crippen LogP contribution in [0.4, 0.5) is 0 Å². The molecule has 0 aliphatic heterocycles. The van der Waals surface area contributed by atoms with Gasteiger partial charge in [-0.15, -0.1) is 11.3 Å². The van der Waals surface area contributed by atoms with Crippen LogP contribution < -0.4 is 0 Å².